The first kappa shape index (κ1) is 25.3. The van der Waals surface area contributed by atoms with E-state index in [1.807, 2.05) is 37.3 Å². The Kier molecular flexibility index (Phi) is 8.71. The number of amides is 1. The molecule has 0 radical (unpaired) electrons. The second-order valence-electron chi connectivity index (χ2n) is 8.63. The molecule has 3 rings (SSSR count). The second kappa shape index (κ2) is 11.7. The molecule has 1 N–H and O–H groups in total. The van der Waals surface area contributed by atoms with Gasteiger partial charge in [-0.05, 0) is 61.2 Å². The summed E-state index contributed by atoms with van der Waals surface area (Å²) in [7, 11) is -3.80. The highest BCUT2D eigenvalue weighted by Gasteiger charge is 2.25. The molecule has 0 fully saturated rings. The molecule has 34 heavy (non-hydrogen) atoms. The van der Waals surface area contributed by atoms with Crippen molar-refractivity contribution >= 4 is 21.6 Å². The van der Waals surface area contributed by atoms with Crippen LogP contribution in [0.2, 0.25) is 0 Å². The van der Waals surface area contributed by atoms with Gasteiger partial charge in [-0.15, -0.1) is 0 Å². The number of nitrogens with one attached hydrogen (secondary N) is 1. The van der Waals surface area contributed by atoms with E-state index in [1.165, 1.54) is 4.31 Å². The second-order valence-corrected chi connectivity index (χ2v) is 10.5. The van der Waals surface area contributed by atoms with Crippen molar-refractivity contribution in [1.82, 2.24) is 5.32 Å². The van der Waals surface area contributed by atoms with Crippen molar-refractivity contribution in [2.24, 2.45) is 5.92 Å². The SMILES string of the molecule is Cc1ccc(S(=O)(=O)N(Cc2ccccc2)c2ccc(OCC(=O)NCCC(C)C)cc2)cc1. The number of rotatable bonds is 11. The zero-order chi connectivity index (χ0) is 24.6. The molecule has 0 saturated carbocycles. The van der Waals surface area contributed by atoms with Crippen molar-refractivity contribution in [1.29, 1.82) is 0 Å². The minimum absolute atomic E-state index is 0.0904. The molecular weight excluding hydrogens is 448 g/mol. The summed E-state index contributed by atoms with van der Waals surface area (Å²) < 4.78 is 34.0. The largest absolute Gasteiger partial charge is 0.484 e. The molecule has 0 unspecified atom stereocenters. The number of carbonyl (C=O) groups is 1. The molecule has 0 heterocycles. The zero-order valence-electron chi connectivity index (χ0n) is 19.9. The number of aryl methyl sites for hydroxylation is 1. The van der Waals surface area contributed by atoms with Crippen LogP contribution in [-0.4, -0.2) is 27.5 Å². The van der Waals surface area contributed by atoms with E-state index in [1.54, 1.807) is 48.5 Å². The molecule has 0 aliphatic carbocycles. The predicted molar refractivity (Wildman–Crippen MR) is 135 cm³/mol. The molecule has 180 valence electrons. The molecule has 6 nitrogen and oxygen atoms in total. The van der Waals surface area contributed by atoms with E-state index < -0.39 is 10.0 Å². The minimum Gasteiger partial charge on any atom is -0.484 e. The third kappa shape index (κ3) is 7.09. The summed E-state index contributed by atoms with van der Waals surface area (Å²) in [4.78, 5) is 12.2. The van der Waals surface area contributed by atoms with Gasteiger partial charge in [0, 0.05) is 6.54 Å². The number of anilines is 1. The van der Waals surface area contributed by atoms with Crippen LogP contribution >= 0.6 is 0 Å². The Hall–Kier alpha value is -3.32. The number of nitrogens with zero attached hydrogens (tertiary/aromatic N) is 1. The maximum absolute atomic E-state index is 13.5. The predicted octanol–water partition coefficient (Wildman–Crippen LogP) is 4.93. The van der Waals surface area contributed by atoms with E-state index >= 15 is 0 Å². The lowest BCUT2D eigenvalue weighted by Crippen LogP contribution is -2.31. The molecule has 0 spiro atoms. The van der Waals surface area contributed by atoms with Crippen LogP contribution < -0.4 is 14.4 Å². The Bertz CT molecular complexity index is 1160. The maximum atomic E-state index is 13.5. The Morgan fingerprint density at radius 3 is 2.21 bits per heavy atom. The summed E-state index contributed by atoms with van der Waals surface area (Å²) in [6, 6.07) is 23.0. The van der Waals surface area contributed by atoms with Gasteiger partial charge in [0.1, 0.15) is 5.75 Å². The quantitative estimate of drug-likeness (QED) is 0.422. The fourth-order valence-corrected chi connectivity index (χ4v) is 4.76. The van der Waals surface area contributed by atoms with E-state index in [4.69, 9.17) is 4.74 Å². The lowest BCUT2D eigenvalue weighted by molar-refractivity contribution is -0.123. The fraction of sp³-hybridized carbons (Fsp3) is 0.296. The summed E-state index contributed by atoms with van der Waals surface area (Å²) in [6.45, 7) is 6.84. The number of benzene rings is 3. The summed E-state index contributed by atoms with van der Waals surface area (Å²) in [5.74, 6) is 0.830. The van der Waals surface area contributed by atoms with E-state index in [0.29, 0.717) is 23.9 Å². The van der Waals surface area contributed by atoms with Crippen LogP contribution in [0.15, 0.2) is 83.8 Å². The van der Waals surface area contributed by atoms with Crippen molar-refractivity contribution in [3.63, 3.8) is 0 Å². The topological polar surface area (TPSA) is 75.7 Å². The van der Waals surface area contributed by atoms with Gasteiger partial charge in [0.25, 0.3) is 15.9 Å². The molecule has 0 bridgehead atoms. The van der Waals surface area contributed by atoms with Crippen LogP contribution in [0.3, 0.4) is 0 Å². The molecule has 0 saturated heterocycles. The van der Waals surface area contributed by atoms with Crippen molar-refractivity contribution < 1.29 is 17.9 Å². The van der Waals surface area contributed by atoms with Crippen LogP contribution in [0.4, 0.5) is 5.69 Å². The monoisotopic (exact) mass is 480 g/mol. The molecule has 0 atom stereocenters. The number of carbonyl (C=O) groups excluding carboxylic acids is 1. The standard InChI is InChI=1S/C27H32N2O4S/c1-21(2)17-18-28-27(30)20-33-25-13-11-24(12-14-25)29(19-23-7-5-4-6-8-23)34(31,32)26-15-9-22(3)10-16-26/h4-16,21H,17-20H2,1-3H3,(H,28,30). The van der Waals surface area contributed by atoms with Gasteiger partial charge in [0.05, 0.1) is 17.1 Å². The average molecular weight is 481 g/mol. The lowest BCUT2D eigenvalue weighted by Gasteiger charge is -2.25. The minimum atomic E-state index is -3.80. The van der Waals surface area contributed by atoms with Gasteiger partial charge in [-0.25, -0.2) is 8.42 Å². The van der Waals surface area contributed by atoms with Gasteiger partial charge in [0.2, 0.25) is 0 Å². The van der Waals surface area contributed by atoms with Gasteiger partial charge < -0.3 is 10.1 Å². The molecular formula is C27H32N2O4S. The smallest absolute Gasteiger partial charge is 0.264 e. The summed E-state index contributed by atoms with van der Waals surface area (Å²) in [5.41, 5.74) is 2.37. The normalized spacial score (nSPS) is 11.3. The molecule has 0 aliphatic heterocycles. The molecule has 1 amide bonds. The highest BCUT2D eigenvalue weighted by Crippen LogP contribution is 2.28. The average Bonchev–Trinajstić information content (AvgIpc) is 2.82. The molecule has 0 aliphatic rings. The van der Waals surface area contributed by atoms with Gasteiger partial charge in [-0.3, -0.25) is 9.10 Å². The van der Waals surface area contributed by atoms with E-state index in [2.05, 4.69) is 19.2 Å². The van der Waals surface area contributed by atoms with Gasteiger partial charge in [0.15, 0.2) is 6.61 Å². The zero-order valence-corrected chi connectivity index (χ0v) is 20.7. The summed E-state index contributed by atoms with van der Waals surface area (Å²) >= 11 is 0. The Balaban J connectivity index is 1.77. The van der Waals surface area contributed by atoms with Gasteiger partial charge >= 0.3 is 0 Å². The molecule has 3 aromatic carbocycles. The Morgan fingerprint density at radius 1 is 0.941 bits per heavy atom. The van der Waals surface area contributed by atoms with Crippen molar-refractivity contribution in [2.45, 2.75) is 38.6 Å². The first-order valence-corrected chi connectivity index (χ1v) is 12.8. The number of ether oxygens (including phenoxy) is 1. The highest BCUT2D eigenvalue weighted by atomic mass is 32.2. The first-order chi connectivity index (χ1) is 16.3. The van der Waals surface area contributed by atoms with Crippen LogP contribution in [0.25, 0.3) is 0 Å². The maximum Gasteiger partial charge on any atom is 0.264 e. The Labute approximate surface area is 202 Å². The van der Waals surface area contributed by atoms with Crippen molar-refractivity contribution in [3.05, 3.63) is 90.0 Å². The summed E-state index contributed by atoms with van der Waals surface area (Å²) in [6.07, 6.45) is 0.910. The summed E-state index contributed by atoms with van der Waals surface area (Å²) in [5, 5.41) is 2.83. The molecule has 7 heteroatoms. The van der Waals surface area contributed by atoms with Gasteiger partial charge in [-0.1, -0.05) is 61.9 Å². The Morgan fingerprint density at radius 2 is 1.59 bits per heavy atom. The van der Waals surface area contributed by atoms with Crippen molar-refractivity contribution in [3.8, 4) is 5.75 Å². The third-order valence-corrected chi connectivity index (χ3v) is 7.10. The fourth-order valence-electron chi connectivity index (χ4n) is 3.31. The van der Waals surface area contributed by atoms with E-state index in [-0.39, 0.29) is 24.0 Å². The number of sulfonamides is 1. The van der Waals surface area contributed by atoms with Crippen LogP contribution in [0.1, 0.15) is 31.4 Å². The van der Waals surface area contributed by atoms with Crippen LogP contribution in [-0.2, 0) is 21.4 Å². The number of hydrogen-bond acceptors (Lipinski definition) is 4. The highest BCUT2D eigenvalue weighted by molar-refractivity contribution is 7.92. The lowest BCUT2D eigenvalue weighted by atomic mass is 10.1. The number of hydrogen-bond donors (Lipinski definition) is 1. The van der Waals surface area contributed by atoms with Crippen LogP contribution in [0.5, 0.6) is 5.75 Å². The first-order valence-electron chi connectivity index (χ1n) is 11.4. The molecule has 3 aromatic rings. The van der Waals surface area contributed by atoms with Crippen LogP contribution in [0, 0.1) is 12.8 Å². The van der Waals surface area contributed by atoms with E-state index in [0.717, 1.165) is 17.5 Å². The third-order valence-electron chi connectivity index (χ3n) is 5.32. The van der Waals surface area contributed by atoms with E-state index in [9.17, 15) is 13.2 Å². The molecule has 0 aromatic heterocycles. The van der Waals surface area contributed by atoms with Crippen molar-refractivity contribution in [2.75, 3.05) is 17.5 Å². The van der Waals surface area contributed by atoms with Gasteiger partial charge in [-0.2, -0.15) is 0 Å².